The summed E-state index contributed by atoms with van der Waals surface area (Å²) in [5.74, 6) is 0.642. The number of carbonyl (C=O) groups is 1. The Morgan fingerprint density at radius 3 is 2.50 bits per heavy atom. The third kappa shape index (κ3) is 5.47. The summed E-state index contributed by atoms with van der Waals surface area (Å²) in [4.78, 5) is 34.5. The maximum Gasteiger partial charge on any atom is 0.338 e. The molecule has 0 atom stereocenters. The molecule has 2 aromatic heterocycles. The Hall–Kier alpha value is -4.08. The highest BCUT2D eigenvalue weighted by Gasteiger charge is 2.08. The van der Waals surface area contributed by atoms with Crippen molar-refractivity contribution in [3.8, 4) is 11.3 Å². The number of rotatable bonds is 9. The van der Waals surface area contributed by atoms with E-state index in [1.807, 2.05) is 0 Å². The van der Waals surface area contributed by atoms with E-state index >= 15 is 0 Å². The fraction of sp³-hybridized carbons (Fsp3) is 0.200. The van der Waals surface area contributed by atoms with E-state index in [0.29, 0.717) is 42.7 Å². The topological polar surface area (TPSA) is 132 Å². The third-order valence-corrected chi connectivity index (χ3v) is 4.02. The van der Waals surface area contributed by atoms with Gasteiger partial charge in [0.1, 0.15) is 12.0 Å². The molecular formula is C20H20N6O4. The van der Waals surface area contributed by atoms with Crippen LogP contribution in [0.15, 0.2) is 54.9 Å². The Morgan fingerprint density at radius 2 is 1.83 bits per heavy atom. The van der Waals surface area contributed by atoms with Crippen LogP contribution in [0, 0.1) is 10.1 Å². The molecule has 0 spiro atoms. The summed E-state index contributed by atoms with van der Waals surface area (Å²) in [6.07, 6.45) is 2.85. The van der Waals surface area contributed by atoms with Crippen LogP contribution in [0.3, 0.4) is 0 Å². The minimum Gasteiger partial charge on any atom is -0.462 e. The highest BCUT2D eigenvalue weighted by Crippen LogP contribution is 2.19. The number of nitro groups is 1. The maximum absolute atomic E-state index is 11.7. The molecule has 0 aliphatic rings. The highest BCUT2D eigenvalue weighted by molar-refractivity contribution is 5.90. The van der Waals surface area contributed by atoms with Crippen LogP contribution >= 0.6 is 0 Å². The Balaban J connectivity index is 1.54. The number of esters is 1. The minimum absolute atomic E-state index is 0.0563. The molecule has 0 fully saturated rings. The molecule has 0 saturated heterocycles. The molecule has 0 radical (unpaired) electrons. The molecule has 2 N–H and O–H groups in total. The van der Waals surface area contributed by atoms with Gasteiger partial charge >= 0.3 is 5.97 Å². The number of pyridine rings is 1. The van der Waals surface area contributed by atoms with Gasteiger partial charge in [0.25, 0.3) is 5.69 Å². The normalized spacial score (nSPS) is 10.3. The van der Waals surface area contributed by atoms with Gasteiger partial charge in [0, 0.05) is 30.9 Å². The Morgan fingerprint density at radius 1 is 1.07 bits per heavy atom. The van der Waals surface area contributed by atoms with Crippen LogP contribution in [0.5, 0.6) is 0 Å². The van der Waals surface area contributed by atoms with Crippen molar-refractivity contribution in [1.29, 1.82) is 0 Å². The molecular weight excluding hydrogens is 388 g/mol. The lowest BCUT2D eigenvalue weighted by atomic mass is 10.1. The first-order chi connectivity index (χ1) is 14.6. The second-order valence-corrected chi connectivity index (χ2v) is 6.08. The van der Waals surface area contributed by atoms with Crippen molar-refractivity contribution in [3.05, 3.63) is 70.5 Å². The molecule has 1 aromatic carbocycles. The van der Waals surface area contributed by atoms with Crippen molar-refractivity contribution in [2.75, 3.05) is 30.3 Å². The molecule has 3 rings (SSSR count). The Bertz CT molecular complexity index is 1010. The number of anilines is 2. The van der Waals surface area contributed by atoms with Crippen molar-refractivity contribution in [2.45, 2.75) is 6.92 Å². The van der Waals surface area contributed by atoms with E-state index in [2.05, 4.69) is 25.6 Å². The molecule has 2 heterocycles. The van der Waals surface area contributed by atoms with E-state index in [9.17, 15) is 14.9 Å². The van der Waals surface area contributed by atoms with E-state index in [1.54, 1.807) is 49.5 Å². The van der Waals surface area contributed by atoms with Gasteiger partial charge in [0.2, 0.25) is 5.95 Å². The number of hydrogen-bond donors (Lipinski definition) is 2. The third-order valence-electron chi connectivity index (χ3n) is 4.02. The molecule has 30 heavy (non-hydrogen) atoms. The first-order valence-corrected chi connectivity index (χ1v) is 9.25. The standard InChI is InChI=1S/C20H20N6O4/c1-2-30-19(27)15-5-3-14(4-6-15)17-9-10-22-20(25-17)23-12-11-21-18-8-7-16(13-24-18)26(28)29/h3-10,13H,2,11-12H2,1H3,(H,21,24)(H,22,23,25). The summed E-state index contributed by atoms with van der Waals surface area (Å²) in [7, 11) is 0. The lowest BCUT2D eigenvalue weighted by Gasteiger charge is -2.08. The number of carbonyl (C=O) groups excluding carboxylic acids is 1. The zero-order chi connectivity index (χ0) is 21.3. The summed E-state index contributed by atoms with van der Waals surface area (Å²) in [5.41, 5.74) is 1.99. The van der Waals surface area contributed by atoms with Crippen LogP contribution in [0.25, 0.3) is 11.3 Å². The predicted molar refractivity (Wildman–Crippen MR) is 111 cm³/mol. The van der Waals surface area contributed by atoms with Gasteiger partial charge in [0.15, 0.2) is 0 Å². The van der Waals surface area contributed by atoms with Crippen molar-refractivity contribution in [1.82, 2.24) is 15.0 Å². The van der Waals surface area contributed by atoms with Crippen LogP contribution < -0.4 is 10.6 Å². The zero-order valence-corrected chi connectivity index (χ0v) is 16.2. The van der Waals surface area contributed by atoms with E-state index < -0.39 is 4.92 Å². The van der Waals surface area contributed by atoms with Crippen molar-refractivity contribution < 1.29 is 14.5 Å². The molecule has 0 unspecified atom stereocenters. The van der Waals surface area contributed by atoms with Gasteiger partial charge < -0.3 is 15.4 Å². The molecule has 3 aromatic rings. The molecule has 10 nitrogen and oxygen atoms in total. The van der Waals surface area contributed by atoms with E-state index in [0.717, 1.165) is 5.56 Å². The first kappa shape index (κ1) is 20.6. The van der Waals surface area contributed by atoms with Crippen molar-refractivity contribution in [2.24, 2.45) is 0 Å². The summed E-state index contributed by atoms with van der Waals surface area (Å²) in [6.45, 7) is 3.13. The van der Waals surface area contributed by atoms with Crippen molar-refractivity contribution >= 4 is 23.4 Å². The van der Waals surface area contributed by atoms with Gasteiger partial charge in [0.05, 0.1) is 22.8 Å². The van der Waals surface area contributed by atoms with E-state index in [1.165, 1.54) is 12.3 Å². The second kappa shape index (κ2) is 9.92. The smallest absolute Gasteiger partial charge is 0.338 e. The van der Waals surface area contributed by atoms with Crippen LogP contribution in [-0.2, 0) is 4.74 Å². The van der Waals surface area contributed by atoms with Gasteiger partial charge in [-0.2, -0.15) is 0 Å². The summed E-state index contributed by atoms with van der Waals surface area (Å²) in [6, 6.07) is 11.7. The first-order valence-electron chi connectivity index (χ1n) is 9.25. The quantitative estimate of drug-likeness (QED) is 0.237. The number of nitrogens with one attached hydrogen (secondary N) is 2. The molecule has 0 amide bonds. The fourth-order valence-electron chi connectivity index (χ4n) is 2.56. The fourth-order valence-corrected chi connectivity index (χ4v) is 2.56. The minimum atomic E-state index is -0.493. The summed E-state index contributed by atoms with van der Waals surface area (Å²) < 4.78 is 4.98. The van der Waals surface area contributed by atoms with Crippen molar-refractivity contribution in [3.63, 3.8) is 0 Å². The number of benzene rings is 1. The number of nitrogens with zero attached hydrogens (tertiary/aromatic N) is 4. The number of ether oxygens (including phenoxy) is 1. The molecule has 0 bridgehead atoms. The predicted octanol–water partition coefficient (Wildman–Crippen LogP) is 3.15. The lowest BCUT2D eigenvalue weighted by molar-refractivity contribution is -0.385. The van der Waals surface area contributed by atoms with E-state index in [-0.39, 0.29) is 11.7 Å². The molecule has 0 saturated carbocycles. The van der Waals surface area contributed by atoms with Gasteiger partial charge in [-0.15, -0.1) is 0 Å². The average Bonchev–Trinajstić information content (AvgIpc) is 2.77. The number of hydrogen-bond acceptors (Lipinski definition) is 9. The Labute approximate surface area is 172 Å². The molecule has 154 valence electrons. The van der Waals surface area contributed by atoms with Gasteiger partial charge in [-0.1, -0.05) is 12.1 Å². The number of aromatic nitrogens is 3. The largest absolute Gasteiger partial charge is 0.462 e. The average molecular weight is 408 g/mol. The molecule has 0 aliphatic heterocycles. The van der Waals surface area contributed by atoms with Gasteiger partial charge in [-0.05, 0) is 31.2 Å². The van der Waals surface area contributed by atoms with Gasteiger partial charge in [-0.3, -0.25) is 10.1 Å². The summed E-state index contributed by atoms with van der Waals surface area (Å²) in [5, 5.41) is 16.8. The maximum atomic E-state index is 11.7. The zero-order valence-electron chi connectivity index (χ0n) is 16.2. The molecule has 0 aliphatic carbocycles. The lowest BCUT2D eigenvalue weighted by Crippen LogP contribution is -2.15. The van der Waals surface area contributed by atoms with Crippen LogP contribution in [0.2, 0.25) is 0 Å². The van der Waals surface area contributed by atoms with Crippen LogP contribution in [0.1, 0.15) is 17.3 Å². The van der Waals surface area contributed by atoms with Gasteiger partial charge in [-0.25, -0.2) is 19.7 Å². The monoisotopic (exact) mass is 408 g/mol. The summed E-state index contributed by atoms with van der Waals surface area (Å²) >= 11 is 0. The molecule has 10 heteroatoms. The van der Waals surface area contributed by atoms with Crippen LogP contribution in [0.4, 0.5) is 17.5 Å². The van der Waals surface area contributed by atoms with E-state index in [4.69, 9.17) is 4.74 Å². The SMILES string of the molecule is CCOC(=O)c1ccc(-c2ccnc(NCCNc3ccc([N+](=O)[O-])cn3)n2)cc1. The Kier molecular flexibility index (Phi) is 6.83. The second-order valence-electron chi connectivity index (χ2n) is 6.08. The highest BCUT2D eigenvalue weighted by atomic mass is 16.6. The van der Waals surface area contributed by atoms with Crippen LogP contribution in [-0.4, -0.2) is 45.5 Å².